The molecular formula is C15H13BrF3N. The quantitative estimate of drug-likeness (QED) is 0.820. The maximum Gasteiger partial charge on any atom is 0.143 e. The second kappa shape index (κ2) is 5.97. The lowest BCUT2D eigenvalue weighted by atomic mass is 9.97. The first-order chi connectivity index (χ1) is 9.40. The summed E-state index contributed by atoms with van der Waals surface area (Å²) in [6.07, 6.45) is -0.114. The largest absolute Gasteiger partial charge is 0.324 e. The fourth-order valence-corrected chi connectivity index (χ4v) is 2.40. The van der Waals surface area contributed by atoms with E-state index in [0.29, 0.717) is 0 Å². The SMILES string of the molecule is Cc1ccc(F)c(C(N)Cc2c(F)ccc(Br)c2F)c1. The van der Waals surface area contributed by atoms with Gasteiger partial charge in [-0.1, -0.05) is 17.7 Å². The van der Waals surface area contributed by atoms with E-state index in [-0.39, 0.29) is 22.0 Å². The monoisotopic (exact) mass is 343 g/mol. The van der Waals surface area contributed by atoms with Crippen LogP contribution in [0.3, 0.4) is 0 Å². The van der Waals surface area contributed by atoms with Crippen molar-refractivity contribution >= 4 is 15.9 Å². The van der Waals surface area contributed by atoms with Gasteiger partial charge in [0.15, 0.2) is 0 Å². The van der Waals surface area contributed by atoms with Gasteiger partial charge in [0.25, 0.3) is 0 Å². The van der Waals surface area contributed by atoms with Crippen molar-refractivity contribution in [2.45, 2.75) is 19.4 Å². The zero-order chi connectivity index (χ0) is 14.9. The number of halogens is 4. The third-order valence-corrected chi connectivity index (χ3v) is 3.73. The molecule has 20 heavy (non-hydrogen) atoms. The van der Waals surface area contributed by atoms with Crippen LogP contribution in [0, 0.1) is 24.4 Å². The van der Waals surface area contributed by atoms with Gasteiger partial charge in [-0.3, -0.25) is 0 Å². The van der Waals surface area contributed by atoms with Gasteiger partial charge in [-0.15, -0.1) is 0 Å². The van der Waals surface area contributed by atoms with Crippen molar-refractivity contribution < 1.29 is 13.2 Å². The van der Waals surface area contributed by atoms with Crippen molar-refractivity contribution in [1.29, 1.82) is 0 Å². The van der Waals surface area contributed by atoms with Crippen LogP contribution in [0.2, 0.25) is 0 Å². The van der Waals surface area contributed by atoms with Crippen molar-refractivity contribution in [2.24, 2.45) is 5.73 Å². The molecule has 1 atom stereocenters. The average Bonchev–Trinajstić information content (AvgIpc) is 2.41. The highest BCUT2D eigenvalue weighted by atomic mass is 79.9. The van der Waals surface area contributed by atoms with Crippen LogP contribution < -0.4 is 5.73 Å². The van der Waals surface area contributed by atoms with Gasteiger partial charge in [-0.05, 0) is 47.5 Å². The molecule has 5 heteroatoms. The van der Waals surface area contributed by atoms with Crippen LogP contribution in [0.4, 0.5) is 13.2 Å². The van der Waals surface area contributed by atoms with Crippen LogP contribution in [0.1, 0.15) is 22.7 Å². The van der Waals surface area contributed by atoms with Crippen LogP contribution in [-0.2, 0) is 6.42 Å². The van der Waals surface area contributed by atoms with Crippen molar-refractivity contribution in [3.8, 4) is 0 Å². The molecule has 0 aliphatic carbocycles. The standard InChI is InChI=1S/C15H13BrF3N/c1-8-2-4-12(17)9(6-8)14(20)7-10-13(18)5-3-11(16)15(10)19/h2-6,14H,7,20H2,1H3. The number of hydrogen-bond donors (Lipinski definition) is 1. The first-order valence-electron chi connectivity index (χ1n) is 6.04. The third kappa shape index (κ3) is 3.04. The molecule has 0 heterocycles. The normalized spacial score (nSPS) is 12.5. The first-order valence-corrected chi connectivity index (χ1v) is 6.83. The Morgan fingerprint density at radius 2 is 1.75 bits per heavy atom. The molecule has 0 bridgehead atoms. The Labute approximate surface area is 123 Å². The number of benzene rings is 2. The predicted octanol–water partition coefficient (Wildman–Crippen LogP) is 4.42. The molecule has 106 valence electrons. The first kappa shape index (κ1) is 15.1. The molecule has 2 N–H and O–H groups in total. The van der Waals surface area contributed by atoms with Gasteiger partial charge in [-0.2, -0.15) is 0 Å². The van der Waals surface area contributed by atoms with E-state index in [4.69, 9.17) is 5.73 Å². The molecule has 1 unspecified atom stereocenters. The number of aryl methyl sites for hydroxylation is 1. The molecule has 2 rings (SSSR count). The van der Waals surface area contributed by atoms with Gasteiger partial charge in [-0.25, -0.2) is 13.2 Å². The zero-order valence-corrected chi connectivity index (χ0v) is 12.3. The van der Waals surface area contributed by atoms with Crippen LogP contribution in [0.5, 0.6) is 0 Å². The van der Waals surface area contributed by atoms with Gasteiger partial charge in [0.05, 0.1) is 4.47 Å². The smallest absolute Gasteiger partial charge is 0.143 e. The summed E-state index contributed by atoms with van der Waals surface area (Å²) in [6, 6.07) is 6.14. The van der Waals surface area contributed by atoms with E-state index < -0.39 is 23.5 Å². The molecular weight excluding hydrogens is 331 g/mol. The minimum atomic E-state index is -0.812. The second-order valence-electron chi connectivity index (χ2n) is 4.66. The van der Waals surface area contributed by atoms with Crippen LogP contribution in [0.25, 0.3) is 0 Å². The molecule has 0 amide bonds. The number of hydrogen-bond acceptors (Lipinski definition) is 1. The molecule has 0 saturated heterocycles. The van der Waals surface area contributed by atoms with Gasteiger partial charge in [0.2, 0.25) is 0 Å². The minimum Gasteiger partial charge on any atom is -0.324 e. The van der Waals surface area contributed by atoms with Crippen molar-refractivity contribution in [1.82, 2.24) is 0 Å². The summed E-state index contributed by atoms with van der Waals surface area (Å²) in [5.41, 5.74) is 6.84. The van der Waals surface area contributed by atoms with Crippen LogP contribution in [0.15, 0.2) is 34.8 Å². The van der Waals surface area contributed by atoms with E-state index in [9.17, 15) is 13.2 Å². The fraction of sp³-hybridized carbons (Fsp3) is 0.200. The maximum atomic E-state index is 13.9. The lowest BCUT2D eigenvalue weighted by molar-refractivity contribution is 0.525. The van der Waals surface area contributed by atoms with Crippen LogP contribution >= 0.6 is 15.9 Å². The Morgan fingerprint density at radius 3 is 2.45 bits per heavy atom. The van der Waals surface area contributed by atoms with Crippen molar-refractivity contribution in [3.63, 3.8) is 0 Å². The molecule has 2 aromatic carbocycles. The number of nitrogens with two attached hydrogens (primary N) is 1. The third-order valence-electron chi connectivity index (χ3n) is 3.11. The van der Waals surface area contributed by atoms with E-state index in [1.54, 1.807) is 19.1 Å². The fourth-order valence-electron chi connectivity index (χ4n) is 2.03. The lowest BCUT2D eigenvalue weighted by Gasteiger charge is -2.15. The van der Waals surface area contributed by atoms with E-state index in [1.807, 2.05) is 0 Å². The molecule has 0 aromatic heterocycles. The number of rotatable bonds is 3. The molecule has 0 radical (unpaired) electrons. The van der Waals surface area contributed by atoms with E-state index >= 15 is 0 Å². The molecule has 1 nitrogen and oxygen atoms in total. The van der Waals surface area contributed by atoms with Gasteiger partial charge >= 0.3 is 0 Å². The highest BCUT2D eigenvalue weighted by Gasteiger charge is 2.18. The Kier molecular flexibility index (Phi) is 4.50. The summed E-state index contributed by atoms with van der Waals surface area (Å²) in [4.78, 5) is 0. The van der Waals surface area contributed by atoms with Gasteiger partial charge in [0, 0.05) is 17.2 Å². The topological polar surface area (TPSA) is 26.0 Å². The second-order valence-corrected chi connectivity index (χ2v) is 5.51. The Morgan fingerprint density at radius 1 is 1.10 bits per heavy atom. The Balaban J connectivity index is 2.35. The van der Waals surface area contributed by atoms with E-state index in [1.165, 1.54) is 12.1 Å². The van der Waals surface area contributed by atoms with Crippen LogP contribution in [-0.4, -0.2) is 0 Å². The Bertz CT molecular complexity index is 643. The molecule has 2 aromatic rings. The summed E-state index contributed by atoms with van der Waals surface area (Å²) in [7, 11) is 0. The predicted molar refractivity (Wildman–Crippen MR) is 75.8 cm³/mol. The van der Waals surface area contributed by atoms with E-state index in [2.05, 4.69) is 15.9 Å². The summed E-state index contributed by atoms with van der Waals surface area (Å²) in [5.74, 6) is -1.86. The molecule has 0 spiro atoms. The summed E-state index contributed by atoms with van der Waals surface area (Å²) in [6.45, 7) is 1.80. The summed E-state index contributed by atoms with van der Waals surface area (Å²) in [5, 5.41) is 0. The maximum absolute atomic E-state index is 13.9. The molecule has 0 aliphatic heterocycles. The van der Waals surface area contributed by atoms with Crippen molar-refractivity contribution in [2.75, 3.05) is 0 Å². The highest BCUT2D eigenvalue weighted by Crippen LogP contribution is 2.27. The minimum absolute atomic E-state index is 0.114. The zero-order valence-electron chi connectivity index (χ0n) is 10.8. The molecule has 0 aliphatic rings. The lowest BCUT2D eigenvalue weighted by Crippen LogP contribution is -2.17. The van der Waals surface area contributed by atoms with E-state index in [0.717, 1.165) is 11.6 Å². The van der Waals surface area contributed by atoms with Crippen molar-refractivity contribution in [3.05, 3.63) is 68.9 Å². The highest BCUT2D eigenvalue weighted by molar-refractivity contribution is 9.10. The average molecular weight is 344 g/mol. The molecule has 0 saturated carbocycles. The summed E-state index contributed by atoms with van der Waals surface area (Å²) < 4.78 is 41.4. The molecule has 0 fully saturated rings. The van der Waals surface area contributed by atoms with Gasteiger partial charge < -0.3 is 5.73 Å². The Hall–Kier alpha value is -1.33. The summed E-state index contributed by atoms with van der Waals surface area (Å²) >= 11 is 3.00. The van der Waals surface area contributed by atoms with Gasteiger partial charge in [0.1, 0.15) is 17.5 Å².